The molecule has 3 rings (SSSR count). The Bertz CT molecular complexity index is 823. The Morgan fingerprint density at radius 3 is 2.72 bits per heavy atom. The number of aromatic nitrogens is 2. The Morgan fingerprint density at radius 2 is 2.03 bits per heavy atom. The van der Waals surface area contributed by atoms with E-state index in [1.165, 1.54) is 17.2 Å². The number of amides is 2. The summed E-state index contributed by atoms with van der Waals surface area (Å²) in [4.78, 5) is 40.5. The van der Waals surface area contributed by atoms with Gasteiger partial charge in [0, 0.05) is 31.9 Å². The number of fused-ring (bicyclic) bond motifs is 1. The molecule has 0 spiro atoms. The summed E-state index contributed by atoms with van der Waals surface area (Å²) in [6.45, 7) is 3.94. The normalized spacial score (nSPS) is 21.3. The van der Waals surface area contributed by atoms with E-state index in [1.54, 1.807) is 11.8 Å². The molecule has 10 heteroatoms. The van der Waals surface area contributed by atoms with Gasteiger partial charge in [0.25, 0.3) is 5.91 Å². The summed E-state index contributed by atoms with van der Waals surface area (Å²) in [6.07, 6.45) is 5.75. The number of nitrogens with one attached hydrogen (secondary N) is 1. The van der Waals surface area contributed by atoms with Crippen LogP contribution < -0.4 is 5.32 Å². The number of hydrogen-bond acceptors (Lipinski definition) is 6. The molecule has 2 aliphatic rings. The van der Waals surface area contributed by atoms with Crippen molar-refractivity contribution in [1.29, 1.82) is 0 Å². The second-order valence-electron chi connectivity index (χ2n) is 8.49. The van der Waals surface area contributed by atoms with Crippen molar-refractivity contribution in [3.05, 3.63) is 17.5 Å². The van der Waals surface area contributed by atoms with E-state index in [4.69, 9.17) is 9.47 Å². The van der Waals surface area contributed by atoms with Gasteiger partial charge in [-0.3, -0.25) is 14.3 Å². The minimum absolute atomic E-state index is 0.0759. The van der Waals surface area contributed by atoms with Gasteiger partial charge < -0.3 is 19.7 Å². The van der Waals surface area contributed by atoms with Crippen molar-refractivity contribution in [2.24, 2.45) is 0 Å². The maximum Gasteiger partial charge on any atom is 0.358 e. The number of ether oxygens (including phenoxy) is 2. The van der Waals surface area contributed by atoms with Crippen molar-refractivity contribution in [1.82, 2.24) is 20.0 Å². The third-order valence-corrected chi connectivity index (χ3v) is 6.12. The zero-order valence-electron chi connectivity index (χ0n) is 18.9. The highest BCUT2D eigenvalue weighted by atomic mass is 19.1. The maximum atomic E-state index is 13.4. The van der Waals surface area contributed by atoms with Gasteiger partial charge in [0.15, 0.2) is 5.69 Å². The number of carbonyl (C=O) groups excluding carboxylic acids is 3. The van der Waals surface area contributed by atoms with Gasteiger partial charge in [-0.05, 0) is 33.1 Å². The highest BCUT2D eigenvalue weighted by Crippen LogP contribution is 2.29. The summed E-state index contributed by atoms with van der Waals surface area (Å²) in [5.41, 5.74) is -1.04. The summed E-state index contributed by atoms with van der Waals surface area (Å²) < 4.78 is 23.9. The Balaban J connectivity index is 1.84. The number of hydrogen-bond donors (Lipinski definition) is 1. The molecule has 1 fully saturated rings. The lowest BCUT2D eigenvalue weighted by Crippen LogP contribution is -2.65. The molecule has 0 aromatic carbocycles. The topological polar surface area (TPSA) is 103 Å². The second-order valence-corrected chi connectivity index (χ2v) is 8.49. The first-order chi connectivity index (χ1) is 15.4. The van der Waals surface area contributed by atoms with Crippen LogP contribution in [0.25, 0.3) is 0 Å². The van der Waals surface area contributed by atoms with Crippen molar-refractivity contribution in [2.45, 2.75) is 70.5 Å². The molecule has 1 saturated carbocycles. The molecule has 1 aliphatic heterocycles. The van der Waals surface area contributed by atoms with Gasteiger partial charge >= 0.3 is 5.97 Å². The lowest BCUT2D eigenvalue weighted by molar-refractivity contribution is -0.134. The van der Waals surface area contributed by atoms with Gasteiger partial charge in [-0.25, -0.2) is 9.18 Å². The highest BCUT2D eigenvalue weighted by molar-refractivity contribution is 6.01. The van der Waals surface area contributed by atoms with E-state index in [1.807, 2.05) is 6.92 Å². The van der Waals surface area contributed by atoms with Gasteiger partial charge in [0.1, 0.15) is 24.5 Å². The molecular weight excluding hydrogens is 419 g/mol. The monoisotopic (exact) mass is 452 g/mol. The van der Waals surface area contributed by atoms with Crippen LogP contribution in [-0.4, -0.2) is 77.1 Å². The van der Waals surface area contributed by atoms with Crippen LogP contribution in [-0.2, 0) is 20.8 Å². The molecule has 1 aromatic rings. The number of halogens is 1. The maximum absolute atomic E-state index is 13.4. The fourth-order valence-electron chi connectivity index (χ4n) is 4.35. The molecule has 32 heavy (non-hydrogen) atoms. The van der Waals surface area contributed by atoms with Crippen molar-refractivity contribution in [3.63, 3.8) is 0 Å². The number of alkyl halides is 1. The molecule has 2 amide bonds. The molecular formula is C22H33FN4O5. The lowest BCUT2D eigenvalue weighted by atomic mass is 9.91. The van der Waals surface area contributed by atoms with Gasteiger partial charge in [-0.2, -0.15) is 5.10 Å². The van der Waals surface area contributed by atoms with Gasteiger partial charge in [0.05, 0.1) is 6.54 Å². The standard InChI is InChI=1S/C22H33FN4O5/c1-3-31-12-7-11-26-19(28)18-14-17(20(29)32-13-10-23)25-27(18)15-22(26,2)21(30)24-16-8-5-4-6-9-16/h14,16H,3-13,15H2,1-2H3,(H,24,30)/t22-/m0/s1. The van der Waals surface area contributed by atoms with E-state index < -0.39 is 18.2 Å². The summed E-state index contributed by atoms with van der Waals surface area (Å²) in [7, 11) is 0. The van der Waals surface area contributed by atoms with Crippen molar-refractivity contribution < 1.29 is 28.2 Å². The lowest BCUT2D eigenvalue weighted by Gasteiger charge is -2.44. The van der Waals surface area contributed by atoms with Gasteiger partial charge in [-0.1, -0.05) is 19.3 Å². The number of carbonyl (C=O) groups is 3. The Hall–Kier alpha value is -2.49. The molecule has 0 saturated heterocycles. The Morgan fingerprint density at radius 1 is 1.28 bits per heavy atom. The predicted molar refractivity (Wildman–Crippen MR) is 114 cm³/mol. The second kappa shape index (κ2) is 10.9. The first kappa shape index (κ1) is 24.2. The van der Waals surface area contributed by atoms with Crippen LogP contribution >= 0.6 is 0 Å². The third-order valence-electron chi connectivity index (χ3n) is 6.12. The largest absolute Gasteiger partial charge is 0.458 e. The van der Waals surface area contributed by atoms with E-state index in [0.29, 0.717) is 26.2 Å². The zero-order valence-corrected chi connectivity index (χ0v) is 18.9. The molecule has 2 heterocycles. The average Bonchev–Trinajstić information content (AvgIpc) is 3.21. The van der Waals surface area contributed by atoms with E-state index in [0.717, 1.165) is 25.7 Å². The van der Waals surface area contributed by atoms with E-state index >= 15 is 0 Å². The summed E-state index contributed by atoms with van der Waals surface area (Å²) in [5.74, 6) is -1.41. The van der Waals surface area contributed by atoms with Crippen LogP contribution in [0.3, 0.4) is 0 Å². The van der Waals surface area contributed by atoms with Crippen LogP contribution in [0.1, 0.15) is 73.3 Å². The van der Waals surface area contributed by atoms with E-state index in [9.17, 15) is 18.8 Å². The number of rotatable bonds is 10. The molecule has 0 unspecified atom stereocenters. The fourth-order valence-corrected chi connectivity index (χ4v) is 4.35. The SMILES string of the molecule is CCOCCCN1C(=O)c2cc(C(=O)OCCF)nn2C[C@@]1(C)C(=O)NC1CCCCC1. The fraction of sp³-hybridized carbons (Fsp3) is 0.727. The summed E-state index contributed by atoms with van der Waals surface area (Å²) in [5, 5.41) is 7.32. The molecule has 9 nitrogen and oxygen atoms in total. The number of nitrogens with zero attached hydrogens (tertiary/aromatic N) is 3. The van der Waals surface area contributed by atoms with Crippen LogP contribution in [0.2, 0.25) is 0 Å². The summed E-state index contributed by atoms with van der Waals surface area (Å²) >= 11 is 0. The predicted octanol–water partition coefficient (Wildman–Crippen LogP) is 2.10. The third kappa shape index (κ3) is 5.28. The molecule has 0 radical (unpaired) electrons. The van der Waals surface area contributed by atoms with Crippen LogP contribution in [0.15, 0.2) is 6.07 Å². The van der Waals surface area contributed by atoms with E-state index in [-0.39, 0.29) is 42.4 Å². The first-order valence-corrected chi connectivity index (χ1v) is 11.4. The van der Waals surface area contributed by atoms with E-state index in [2.05, 4.69) is 10.4 Å². The van der Waals surface area contributed by atoms with Gasteiger partial charge in [0.2, 0.25) is 5.91 Å². The van der Waals surface area contributed by atoms with Crippen LogP contribution in [0, 0.1) is 0 Å². The molecule has 1 aromatic heterocycles. The molecule has 1 N–H and O–H groups in total. The first-order valence-electron chi connectivity index (χ1n) is 11.4. The Kier molecular flexibility index (Phi) is 8.22. The van der Waals surface area contributed by atoms with Crippen molar-refractivity contribution >= 4 is 17.8 Å². The zero-order chi connectivity index (χ0) is 23.1. The van der Waals surface area contributed by atoms with Gasteiger partial charge in [-0.15, -0.1) is 0 Å². The highest BCUT2D eigenvalue weighted by Gasteiger charge is 2.48. The smallest absolute Gasteiger partial charge is 0.358 e. The quantitative estimate of drug-likeness (QED) is 0.431. The Labute approximate surface area is 187 Å². The number of esters is 1. The van der Waals surface area contributed by atoms with Crippen molar-refractivity contribution in [3.8, 4) is 0 Å². The molecule has 1 aliphatic carbocycles. The average molecular weight is 453 g/mol. The molecule has 178 valence electrons. The minimum Gasteiger partial charge on any atom is -0.458 e. The molecule has 1 atom stereocenters. The summed E-state index contributed by atoms with van der Waals surface area (Å²) in [6, 6.07) is 1.44. The van der Waals surface area contributed by atoms with Crippen LogP contribution in [0.4, 0.5) is 4.39 Å². The molecule has 0 bridgehead atoms. The minimum atomic E-state index is -1.17. The van der Waals surface area contributed by atoms with Crippen molar-refractivity contribution in [2.75, 3.05) is 33.0 Å². The van der Waals surface area contributed by atoms with Crippen LogP contribution in [0.5, 0.6) is 0 Å².